The molecule has 0 spiro atoms. The lowest BCUT2D eigenvalue weighted by Crippen LogP contribution is -2.15. The predicted molar refractivity (Wildman–Crippen MR) is 77.8 cm³/mol. The quantitative estimate of drug-likeness (QED) is 0.933. The van der Waals surface area contributed by atoms with Gasteiger partial charge in [0, 0.05) is 16.2 Å². The molecular formula is C14H12Cl2N2O. The Morgan fingerprint density at radius 2 is 2.05 bits per heavy atom. The molecule has 5 heteroatoms. The van der Waals surface area contributed by atoms with Crippen LogP contribution in [0.2, 0.25) is 10.0 Å². The maximum Gasteiger partial charge on any atom is 0.230 e. The topological polar surface area (TPSA) is 42.0 Å². The van der Waals surface area contributed by atoms with Gasteiger partial charge in [0.1, 0.15) is 5.82 Å². The highest BCUT2D eigenvalue weighted by atomic mass is 35.5. The molecule has 0 radical (unpaired) electrons. The number of carbonyl (C=O) groups excluding carboxylic acids is 1. The lowest BCUT2D eigenvalue weighted by atomic mass is 10.1. The minimum atomic E-state index is -0.165. The molecule has 0 atom stereocenters. The molecule has 2 rings (SSSR count). The number of aryl methyl sites for hydroxylation is 1. The minimum absolute atomic E-state index is 0.165. The van der Waals surface area contributed by atoms with E-state index in [0.29, 0.717) is 15.9 Å². The van der Waals surface area contributed by atoms with Crippen molar-refractivity contribution in [3.05, 3.63) is 57.7 Å². The van der Waals surface area contributed by atoms with Gasteiger partial charge in [-0.1, -0.05) is 29.3 Å². The molecule has 0 bridgehead atoms. The van der Waals surface area contributed by atoms with Crippen LogP contribution in [0.4, 0.5) is 5.82 Å². The number of nitrogens with one attached hydrogen (secondary N) is 1. The third kappa shape index (κ3) is 3.94. The lowest BCUT2D eigenvalue weighted by Gasteiger charge is -2.06. The van der Waals surface area contributed by atoms with E-state index in [1.54, 1.807) is 30.5 Å². The minimum Gasteiger partial charge on any atom is -0.310 e. The van der Waals surface area contributed by atoms with E-state index in [1.807, 2.05) is 13.0 Å². The summed E-state index contributed by atoms with van der Waals surface area (Å²) in [4.78, 5) is 16.0. The summed E-state index contributed by atoms with van der Waals surface area (Å²) in [6.07, 6.45) is 1.84. The number of hydrogen-bond donors (Lipinski definition) is 1. The number of pyridine rings is 1. The molecule has 1 N–H and O–H groups in total. The molecule has 1 amide bonds. The second kappa shape index (κ2) is 6.04. The number of halogens is 2. The van der Waals surface area contributed by atoms with Gasteiger partial charge in [0.25, 0.3) is 0 Å². The Balaban J connectivity index is 2.05. The highest BCUT2D eigenvalue weighted by Gasteiger charge is 2.08. The molecule has 0 aliphatic rings. The molecule has 0 aliphatic heterocycles. The zero-order valence-electron chi connectivity index (χ0n) is 10.3. The van der Waals surface area contributed by atoms with Crippen LogP contribution in [-0.4, -0.2) is 10.9 Å². The van der Waals surface area contributed by atoms with E-state index >= 15 is 0 Å². The normalized spacial score (nSPS) is 10.3. The van der Waals surface area contributed by atoms with Crippen LogP contribution >= 0.6 is 23.2 Å². The Morgan fingerprint density at radius 1 is 1.26 bits per heavy atom. The van der Waals surface area contributed by atoms with Gasteiger partial charge >= 0.3 is 0 Å². The number of rotatable bonds is 3. The summed E-state index contributed by atoms with van der Waals surface area (Å²) in [5, 5.41) is 3.77. The van der Waals surface area contributed by atoms with E-state index in [4.69, 9.17) is 23.2 Å². The molecule has 2 aromatic rings. The van der Waals surface area contributed by atoms with E-state index in [-0.39, 0.29) is 12.3 Å². The Bertz CT molecular complexity index is 614. The number of carbonyl (C=O) groups is 1. The summed E-state index contributed by atoms with van der Waals surface area (Å²) in [5.74, 6) is 0.373. The number of hydrogen-bond acceptors (Lipinski definition) is 2. The molecule has 0 saturated heterocycles. The maximum absolute atomic E-state index is 11.9. The smallest absolute Gasteiger partial charge is 0.230 e. The van der Waals surface area contributed by atoms with Gasteiger partial charge in [-0.25, -0.2) is 4.98 Å². The van der Waals surface area contributed by atoms with Crippen molar-refractivity contribution in [3.63, 3.8) is 0 Å². The second-order valence-electron chi connectivity index (χ2n) is 4.18. The number of aromatic nitrogens is 1. The van der Waals surface area contributed by atoms with Crippen molar-refractivity contribution in [1.82, 2.24) is 4.98 Å². The molecule has 19 heavy (non-hydrogen) atoms. The van der Waals surface area contributed by atoms with Crippen LogP contribution in [0.25, 0.3) is 0 Å². The van der Waals surface area contributed by atoms with E-state index in [9.17, 15) is 4.79 Å². The van der Waals surface area contributed by atoms with Gasteiger partial charge in [-0.3, -0.25) is 4.79 Å². The van der Waals surface area contributed by atoms with Crippen LogP contribution in [0.1, 0.15) is 11.1 Å². The highest BCUT2D eigenvalue weighted by molar-refractivity contribution is 6.35. The summed E-state index contributed by atoms with van der Waals surface area (Å²) in [6.45, 7) is 1.94. The van der Waals surface area contributed by atoms with E-state index in [1.165, 1.54) is 0 Å². The standard InChI is InChI=1S/C14H12Cl2N2O/c1-9-4-5-17-13(6-9)18-14(19)7-10-2-3-11(15)8-12(10)16/h2-6,8H,7H2,1H3,(H,17,18,19). The van der Waals surface area contributed by atoms with Gasteiger partial charge in [0.2, 0.25) is 5.91 Å². The Hall–Kier alpha value is -1.58. The first-order valence-corrected chi connectivity index (χ1v) is 6.46. The van der Waals surface area contributed by atoms with Gasteiger partial charge in [-0.15, -0.1) is 0 Å². The van der Waals surface area contributed by atoms with Crippen LogP contribution in [0, 0.1) is 6.92 Å². The van der Waals surface area contributed by atoms with E-state index in [2.05, 4.69) is 10.3 Å². The lowest BCUT2D eigenvalue weighted by molar-refractivity contribution is -0.115. The molecular weight excluding hydrogens is 283 g/mol. The third-order valence-electron chi connectivity index (χ3n) is 2.55. The second-order valence-corrected chi connectivity index (χ2v) is 5.02. The zero-order valence-corrected chi connectivity index (χ0v) is 11.8. The fourth-order valence-electron chi connectivity index (χ4n) is 1.63. The summed E-state index contributed by atoms with van der Waals surface area (Å²) < 4.78 is 0. The number of amides is 1. The molecule has 98 valence electrons. The largest absolute Gasteiger partial charge is 0.310 e. The summed E-state index contributed by atoms with van der Waals surface area (Å²) in [6, 6.07) is 8.75. The van der Waals surface area contributed by atoms with Gasteiger partial charge < -0.3 is 5.32 Å². The van der Waals surface area contributed by atoms with Crippen LogP contribution in [0.5, 0.6) is 0 Å². The van der Waals surface area contributed by atoms with E-state index in [0.717, 1.165) is 11.1 Å². The number of anilines is 1. The van der Waals surface area contributed by atoms with Crippen molar-refractivity contribution in [3.8, 4) is 0 Å². The molecule has 1 aromatic carbocycles. The van der Waals surface area contributed by atoms with Crippen LogP contribution in [-0.2, 0) is 11.2 Å². The summed E-state index contributed by atoms with van der Waals surface area (Å²) in [5.41, 5.74) is 1.77. The first kappa shape index (κ1) is 13.8. The first-order valence-electron chi connectivity index (χ1n) is 5.71. The third-order valence-corrected chi connectivity index (χ3v) is 3.14. The van der Waals surface area contributed by atoms with Crippen molar-refractivity contribution in [2.45, 2.75) is 13.3 Å². The molecule has 0 unspecified atom stereocenters. The van der Waals surface area contributed by atoms with Crippen LogP contribution in [0.3, 0.4) is 0 Å². The van der Waals surface area contributed by atoms with Crippen LogP contribution < -0.4 is 5.32 Å². The molecule has 0 aliphatic carbocycles. The molecule has 1 aromatic heterocycles. The molecule has 0 saturated carbocycles. The maximum atomic E-state index is 11.9. The highest BCUT2D eigenvalue weighted by Crippen LogP contribution is 2.21. The Labute approximate surface area is 121 Å². The monoisotopic (exact) mass is 294 g/mol. The van der Waals surface area contributed by atoms with Gasteiger partial charge in [0.15, 0.2) is 0 Å². The Kier molecular flexibility index (Phi) is 4.40. The predicted octanol–water partition coefficient (Wildman–Crippen LogP) is 3.88. The van der Waals surface area contributed by atoms with Crippen LogP contribution in [0.15, 0.2) is 36.5 Å². The zero-order chi connectivity index (χ0) is 13.8. The van der Waals surface area contributed by atoms with Gasteiger partial charge in [-0.2, -0.15) is 0 Å². The first-order chi connectivity index (χ1) is 9.04. The number of nitrogens with zero attached hydrogens (tertiary/aromatic N) is 1. The fraction of sp³-hybridized carbons (Fsp3) is 0.143. The van der Waals surface area contributed by atoms with Crippen molar-refractivity contribution in [2.75, 3.05) is 5.32 Å². The molecule has 3 nitrogen and oxygen atoms in total. The van der Waals surface area contributed by atoms with Crippen molar-refractivity contribution in [1.29, 1.82) is 0 Å². The summed E-state index contributed by atoms with van der Waals surface area (Å²) in [7, 11) is 0. The Morgan fingerprint density at radius 3 is 2.74 bits per heavy atom. The van der Waals surface area contributed by atoms with E-state index < -0.39 is 0 Å². The van der Waals surface area contributed by atoms with Crippen molar-refractivity contribution < 1.29 is 4.79 Å². The number of benzene rings is 1. The van der Waals surface area contributed by atoms with Crippen molar-refractivity contribution in [2.24, 2.45) is 0 Å². The average Bonchev–Trinajstić information content (AvgIpc) is 2.33. The SMILES string of the molecule is Cc1ccnc(NC(=O)Cc2ccc(Cl)cc2Cl)c1. The summed E-state index contributed by atoms with van der Waals surface area (Å²) >= 11 is 11.8. The van der Waals surface area contributed by atoms with Gasteiger partial charge in [0.05, 0.1) is 6.42 Å². The fourth-order valence-corrected chi connectivity index (χ4v) is 2.10. The van der Waals surface area contributed by atoms with Gasteiger partial charge in [-0.05, 0) is 42.3 Å². The molecule has 0 fully saturated rings. The average molecular weight is 295 g/mol. The van der Waals surface area contributed by atoms with Crippen molar-refractivity contribution >= 4 is 34.9 Å². The molecule has 1 heterocycles.